The van der Waals surface area contributed by atoms with Gasteiger partial charge in [-0.15, -0.1) is 0 Å². The second-order valence-electron chi connectivity index (χ2n) is 5.67. The Kier molecular flexibility index (Phi) is 4.26. The number of rotatable bonds is 4. The minimum atomic E-state index is 0.353. The molecule has 0 aliphatic rings. The number of aromatic hydroxyl groups is 1. The highest BCUT2D eigenvalue weighted by Crippen LogP contribution is 2.33. The third-order valence-corrected chi connectivity index (χ3v) is 3.50. The highest BCUT2D eigenvalue weighted by molar-refractivity contribution is 5.70. The first kappa shape index (κ1) is 13.7. The molecule has 100 valence electrons. The van der Waals surface area contributed by atoms with Crippen LogP contribution in [0.5, 0.6) is 5.75 Å². The summed E-state index contributed by atoms with van der Waals surface area (Å²) in [4.78, 5) is 0. The molecule has 2 rings (SSSR count). The molecule has 0 amide bonds. The van der Waals surface area contributed by atoms with Crippen molar-refractivity contribution in [1.82, 2.24) is 0 Å². The van der Waals surface area contributed by atoms with Crippen LogP contribution in [-0.4, -0.2) is 5.11 Å². The van der Waals surface area contributed by atoms with Crippen LogP contribution in [0, 0.1) is 5.92 Å². The van der Waals surface area contributed by atoms with E-state index < -0.39 is 0 Å². The van der Waals surface area contributed by atoms with Gasteiger partial charge in [-0.3, -0.25) is 0 Å². The van der Waals surface area contributed by atoms with Crippen molar-refractivity contribution in [2.24, 2.45) is 5.92 Å². The molecule has 2 aromatic carbocycles. The molecule has 1 unspecified atom stereocenters. The van der Waals surface area contributed by atoms with E-state index in [1.54, 1.807) is 0 Å². The van der Waals surface area contributed by atoms with E-state index in [0.29, 0.717) is 17.6 Å². The molecule has 0 radical (unpaired) electrons. The van der Waals surface area contributed by atoms with Gasteiger partial charge in [-0.1, -0.05) is 57.2 Å². The molecular formula is C18H22O. The molecule has 0 saturated heterocycles. The van der Waals surface area contributed by atoms with Crippen LogP contribution in [0.15, 0.2) is 48.5 Å². The first-order valence-corrected chi connectivity index (χ1v) is 6.96. The van der Waals surface area contributed by atoms with Crippen LogP contribution in [0.4, 0.5) is 0 Å². The predicted molar refractivity (Wildman–Crippen MR) is 81.4 cm³/mol. The summed E-state index contributed by atoms with van der Waals surface area (Å²) in [6.07, 6.45) is 1.17. The van der Waals surface area contributed by atoms with Gasteiger partial charge in [0.15, 0.2) is 0 Å². The molecule has 0 heterocycles. The molecule has 19 heavy (non-hydrogen) atoms. The van der Waals surface area contributed by atoms with E-state index in [1.165, 1.54) is 12.0 Å². The molecule has 0 aliphatic heterocycles. The molecular weight excluding hydrogens is 232 g/mol. The first-order valence-electron chi connectivity index (χ1n) is 6.96. The van der Waals surface area contributed by atoms with Gasteiger partial charge in [0.05, 0.1) is 0 Å². The fraction of sp³-hybridized carbons (Fsp3) is 0.333. The zero-order valence-electron chi connectivity index (χ0n) is 11.9. The van der Waals surface area contributed by atoms with Crippen LogP contribution >= 0.6 is 0 Å². The molecule has 0 fully saturated rings. The fourth-order valence-electron chi connectivity index (χ4n) is 2.55. The third-order valence-electron chi connectivity index (χ3n) is 3.50. The normalized spacial score (nSPS) is 12.6. The smallest absolute Gasteiger partial charge is 0.123 e. The number of phenols is 1. The number of benzene rings is 2. The summed E-state index contributed by atoms with van der Waals surface area (Å²) in [6.45, 7) is 6.74. The number of phenolic OH excluding ortho intramolecular Hbond substituents is 1. The Morgan fingerprint density at radius 1 is 0.947 bits per heavy atom. The summed E-state index contributed by atoms with van der Waals surface area (Å²) in [6, 6.07) is 16.0. The Hall–Kier alpha value is -1.76. The van der Waals surface area contributed by atoms with Gasteiger partial charge >= 0.3 is 0 Å². The standard InChI is InChI=1S/C18H22O/c1-13(2)11-14(3)16-9-10-18(19)17(12-16)15-7-5-4-6-8-15/h4-10,12-14,19H,11H2,1-3H3. The largest absolute Gasteiger partial charge is 0.507 e. The topological polar surface area (TPSA) is 20.2 Å². The van der Waals surface area contributed by atoms with Crippen molar-refractivity contribution < 1.29 is 5.11 Å². The maximum Gasteiger partial charge on any atom is 0.123 e. The lowest BCUT2D eigenvalue weighted by atomic mass is 9.90. The number of hydrogen-bond donors (Lipinski definition) is 1. The Labute approximate surface area is 115 Å². The van der Waals surface area contributed by atoms with E-state index in [0.717, 1.165) is 11.1 Å². The van der Waals surface area contributed by atoms with Crippen molar-refractivity contribution in [2.45, 2.75) is 33.1 Å². The number of hydrogen-bond acceptors (Lipinski definition) is 1. The van der Waals surface area contributed by atoms with Gasteiger partial charge in [-0.25, -0.2) is 0 Å². The summed E-state index contributed by atoms with van der Waals surface area (Å²) in [5.74, 6) is 1.55. The zero-order valence-corrected chi connectivity index (χ0v) is 11.9. The molecule has 1 atom stereocenters. The summed E-state index contributed by atoms with van der Waals surface area (Å²) in [5, 5.41) is 10.1. The van der Waals surface area contributed by atoms with Crippen molar-refractivity contribution in [2.75, 3.05) is 0 Å². The summed E-state index contributed by atoms with van der Waals surface area (Å²) >= 11 is 0. The van der Waals surface area contributed by atoms with Gasteiger partial charge in [0, 0.05) is 5.56 Å². The van der Waals surface area contributed by atoms with Gasteiger partial charge < -0.3 is 5.11 Å². The van der Waals surface area contributed by atoms with Crippen molar-refractivity contribution in [3.8, 4) is 16.9 Å². The van der Waals surface area contributed by atoms with Gasteiger partial charge in [0.25, 0.3) is 0 Å². The van der Waals surface area contributed by atoms with Crippen molar-refractivity contribution in [1.29, 1.82) is 0 Å². The lowest BCUT2D eigenvalue weighted by molar-refractivity contribution is 0.476. The lowest BCUT2D eigenvalue weighted by Crippen LogP contribution is -1.99. The Morgan fingerprint density at radius 3 is 2.26 bits per heavy atom. The molecule has 2 aromatic rings. The summed E-state index contributed by atoms with van der Waals surface area (Å²) in [5.41, 5.74) is 3.29. The van der Waals surface area contributed by atoms with E-state index in [-0.39, 0.29) is 0 Å². The van der Waals surface area contributed by atoms with Crippen LogP contribution < -0.4 is 0 Å². The molecule has 0 aromatic heterocycles. The highest BCUT2D eigenvalue weighted by atomic mass is 16.3. The SMILES string of the molecule is CC(C)CC(C)c1ccc(O)c(-c2ccccc2)c1. The Morgan fingerprint density at radius 2 is 1.63 bits per heavy atom. The van der Waals surface area contributed by atoms with Crippen LogP contribution in [-0.2, 0) is 0 Å². The monoisotopic (exact) mass is 254 g/mol. The minimum absolute atomic E-state index is 0.353. The van der Waals surface area contributed by atoms with Gasteiger partial charge in [-0.2, -0.15) is 0 Å². The van der Waals surface area contributed by atoms with Crippen molar-refractivity contribution >= 4 is 0 Å². The fourth-order valence-corrected chi connectivity index (χ4v) is 2.55. The second kappa shape index (κ2) is 5.92. The van der Waals surface area contributed by atoms with E-state index in [2.05, 4.69) is 26.8 Å². The molecule has 0 saturated carbocycles. The molecule has 0 bridgehead atoms. The molecule has 0 spiro atoms. The molecule has 0 aliphatic carbocycles. The molecule has 1 heteroatoms. The Bertz CT molecular complexity index is 529. The van der Waals surface area contributed by atoms with E-state index in [1.807, 2.05) is 42.5 Å². The average Bonchev–Trinajstić information content (AvgIpc) is 2.39. The van der Waals surface area contributed by atoms with E-state index >= 15 is 0 Å². The first-order chi connectivity index (χ1) is 9.08. The minimum Gasteiger partial charge on any atom is -0.507 e. The van der Waals surface area contributed by atoms with E-state index in [4.69, 9.17) is 0 Å². The third kappa shape index (κ3) is 3.37. The molecule has 1 nitrogen and oxygen atoms in total. The quantitative estimate of drug-likeness (QED) is 0.794. The zero-order chi connectivity index (χ0) is 13.8. The van der Waals surface area contributed by atoms with Crippen LogP contribution in [0.3, 0.4) is 0 Å². The highest BCUT2D eigenvalue weighted by Gasteiger charge is 2.11. The maximum atomic E-state index is 10.1. The second-order valence-corrected chi connectivity index (χ2v) is 5.67. The van der Waals surface area contributed by atoms with Gasteiger partial charge in [0.1, 0.15) is 5.75 Å². The van der Waals surface area contributed by atoms with Crippen molar-refractivity contribution in [3.63, 3.8) is 0 Å². The van der Waals surface area contributed by atoms with Gasteiger partial charge in [-0.05, 0) is 41.5 Å². The summed E-state index contributed by atoms with van der Waals surface area (Å²) < 4.78 is 0. The predicted octanol–water partition coefficient (Wildman–Crippen LogP) is 5.21. The average molecular weight is 254 g/mol. The van der Waals surface area contributed by atoms with Crippen LogP contribution in [0.2, 0.25) is 0 Å². The lowest BCUT2D eigenvalue weighted by Gasteiger charge is -2.16. The van der Waals surface area contributed by atoms with Gasteiger partial charge in [0.2, 0.25) is 0 Å². The Balaban J connectivity index is 2.35. The van der Waals surface area contributed by atoms with Crippen LogP contribution in [0.25, 0.3) is 11.1 Å². The maximum absolute atomic E-state index is 10.1. The van der Waals surface area contributed by atoms with Crippen LogP contribution in [0.1, 0.15) is 38.7 Å². The van der Waals surface area contributed by atoms with Crippen molar-refractivity contribution in [3.05, 3.63) is 54.1 Å². The molecule has 1 N–H and O–H groups in total. The summed E-state index contributed by atoms with van der Waals surface area (Å²) in [7, 11) is 0. The van der Waals surface area contributed by atoms with E-state index in [9.17, 15) is 5.11 Å².